The lowest BCUT2D eigenvalue weighted by Gasteiger charge is -2.01. The van der Waals surface area contributed by atoms with E-state index in [-0.39, 0.29) is 10.9 Å². The van der Waals surface area contributed by atoms with Crippen molar-refractivity contribution >= 4 is 22.5 Å². The average Bonchev–Trinajstić information content (AvgIpc) is 2.46. The van der Waals surface area contributed by atoms with Gasteiger partial charge in [0, 0.05) is 6.07 Å². The molecule has 0 aliphatic heterocycles. The molecule has 0 fully saturated rings. The summed E-state index contributed by atoms with van der Waals surface area (Å²) in [5, 5.41) is 11.0. The summed E-state index contributed by atoms with van der Waals surface area (Å²) >= 11 is 6.05. The number of nitro groups is 1. The Morgan fingerprint density at radius 2 is 1.74 bits per heavy atom. The minimum atomic E-state index is -0.463. The predicted molar refractivity (Wildman–Crippen MR) is 75.6 cm³/mol. The zero-order chi connectivity index (χ0) is 13.7. The van der Waals surface area contributed by atoms with Crippen LogP contribution in [0.15, 0.2) is 59.6 Å². The van der Waals surface area contributed by atoms with E-state index in [9.17, 15) is 10.1 Å². The molecule has 2 rings (SSSR count). The van der Waals surface area contributed by atoms with Crippen LogP contribution in [0.25, 0.3) is 0 Å². The Bertz CT molecular complexity index is 612. The number of nitrogens with zero attached hydrogens (tertiary/aromatic N) is 2. The first-order chi connectivity index (χ1) is 9.18. The summed E-state index contributed by atoms with van der Waals surface area (Å²) in [6.45, 7) is 0.395. The molecule has 0 aromatic heterocycles. The standard InChI is InChI=1S/C14H11ClN2O2/c15-14(16-10-11-6-2-1-3-7-11)12-8-4-5-9-13(12)17(18)19/h1-9H,10H2. The molecule has 0 aliphatic rings. The van der Waals surface area contributed by atoms with E-state index in [1.165, 1.54) is 6.07 Å². The Labute approximate surface area is 115 Å². The number of benzene rings is 2. The molecular formula is C14H11ClN2O2. The highest BCUT2D eigenvalue weighted by atomic mass is 35.5. The summed E-state index contributed by atoms with van der Waals surface area (Å²) in [6.07, 6.45) is 0. The van der Waals surface area contributed by atoms with Crippen LogP contribution in [0.4, 0.5) is 5.69 Å². The van der Waals surface area contributed by atoms with Crippen molar-refractivity contribution in [3.05, 3.63) is 75.8 Å². The SMILES string of the molecule is O=[N+]([O-])c1ccccc1C(Cl)=NCc1ccccc1. The maximum Gasteiger partial charge on any atom is 0.279 e. The molecule has 0 saturated heterocycles. The Kier molecular flexibility index (Phi) is 4.26. The second-order valence-electron chi connectivity index (χ2n) is 3.87. The molecule has 0 N–H and O–H groups in total. The van der Waals surface area contributed by atoms with Crippen molar-refractivity contribution in [1.29, 1.82) is 0 Å². The molecule has 0 radical (unpaired) electrons. The lowest BCUT2D eigenvalue weighted by Crippen LogP contribution is -1.99. The molecule has 96 valence electrons. The summed E-state index contributed by atoms with van der Waals surface area (Å²) in [7, 11) is 0. The monoisotopic (exact) mass is 274 g/mol. The number of aliphatic imine (C=N–C) groups is 1. The Morgan fingerprint density at radius 3 is 2.42 bits per heavy atom. The third-order valence-corrected chi connectivity index (χ3v) is 2.89. The van der Waals surface area contributed by atoms with Crippen molar-refractivity contribution < 1.29 is 4.92 Å². The molecule has 19 heavy (non-hydrogen) atoms. The fourth-order valence-electron chi connectivity index (χ4n) is 1.64. The minimum Gasteiger partial charge on any atom is -0.268 e. The molecule has 0 heterocycles. The second kappa shape index (κ2) is 6.11. The van der Waals surface area contributed by atoms with Crippen molar-refractivity contribution in [1.82, 2.24) is 0 Å². The van der Waals surface area contributed by atoms with E-state index in [1.54, 1.807) is 18.2 Å². The molecule has 0 aliphatic carbocycles. The van der Waals surface area contributed by atoms with Crippen LogP contribution in [-0.2, 0) is 6.54 Å². The summed E-state index contributed by atoms with van der Waals surface area (Å²) in [5.41, 5.74) is 1.30. The smallest absolute Gasteiger partial charge is 0.268 e. The van der Waals surface area contributed by atoms with E-state index in [0.29, 0.717) is 12.1 Å². The van der Waals surface area contributed by atoms with Gasteiger partial charge in [-0.15, -0.1) is 0 Å². The van der Waals surface area contributed by atoms with Gasteiger partial charge in [-0.3, -0.25) is 15.1 Å². The summed E-state index contributed by atoms with van der Waals surface area (Å²) in [6, 6.07) is 15.9. The van der Waals surface area contributed by atoms with Crippen LogP contribution in [0.3, 0.4) is 0 Å². The number of hydrogen-bond acceptors (Lipinski definition) is 3. The Hall–Kier alpha value is -2.20. The molecule has 2 aromatic carbocycles. The number of halogens is 1. The summed E-state index contributed by atoms with van der Waals surface area (Å²) < 4.78 is 0. The van der Waals surface area contributed by atoms with Crippen molar-refractivity contribution in [2.24, 2.45) is 4.99 Å². The Morgan fingerprint density at radius 1 is 1.11 bits per heavy atom. The minimum absolute atomic E-state index is 0.0377. The number of para-hydroxylation sites is 1. The molecule has 2 aromatic rings. The second-order valence-corrected chi connectivity index (χ2v) is 4.22. The van der Waals surface area contributed by atoms with E-state index < -0.39 is 4.92 Å². The molecular weight excluding hydrogens is 264 g/mol. The molecule has 5 heteroatoms. The first-order valence-corrected chi connectivity index (χ1v) is 6.04. The maximum atomic E-state index is 10.9. The zero-order valence-corrected chi connectivity index (χ0v) is 10.7. The van der Waals surface area contributed by atoms with Gasteiger partial charge in [-0.2, -0.15) is 0 Å². The highest BCUT2D eigenvalue weighted by Gasteiger charge is 2.15. The van der Waals surface area contributed by atoms with Crippen molar-refractivity contribution in [2.75, 3.05) is 0 Å². The van der Waals surface area contributed by atoms with Gasteiger partial charge in [0.1, 0.15) is 5.17 Å². The van der Waals surface area contributed by atoms with Crippen LogP contribution in [0, 0.1) is 10.1 Å². The van der Waals surface area contributed by atoms with Gasteiger partial charge in [-0.25, -0.2) is 0 Å². The third-order valence-electron chi connectivity index (χ3n) is 2.57. The summed E-state index contributed by atoms with van der Waals surface area (Å²) in [4.78, 5) is 14.6. The molecule has 0 amide bonds. The van der Waals surface area contributed by atoms with Gasteiger partial charge in [-0.05, 0) is 11.6 Å². The lowest BCUT2D eigenvalue weighted by molar-refractivity contribution is -0.385. The average molecular weight is 275 g/mol. The van der Waals surface area contributed by atoms with Crippen LogP contribution in [-0.4, -0.2) is 10.1 Å². The van der Waals surface area contributed by atoms with Crippen LogP contribution in [0.2, 0.25) is 0 Å². The van der Waals surface area contributed by atoms with Gasteiger partial charge >= 0.3 is 0 Å². The zero-order valence-electron chi connectivity index (χ0n) is 9.99. The van der Waals surface area contributed by atoms with Crippen LogP contribution < -0.4 is 0 Å². The van der Waals surface area contributed by atoms with E-state index >= 15 is 0 Å². The topological polar surface area (TPSA) is 55.5 Å². The molecule has 0 spiro atoms. The van der Waals surface area contributed by atoms with Gasteiger partial charge < -0.3 is 0 Å². The normalized spacial score (nSPS) is 11.3. The third kappa shape index (κ3) is 3.39. The fourth-order valence-corrected chi connectivity index (χ4v) is 1.86. The van der Waals surface area contributed by atoms with Crippen LogP contribution in [0.5, 0.6) is 0 Å². The van der Waals surface area contributed by atoms with Gasteiger partial charge in [0.15, 0.2) is 0 Å². The predicted octanol–water partition coefficient (Wildman–Crippen LogP) is 3.78. The number of nitro benzene ring substituents is 1. The van der Waals surface area contributed by atoms with E-state index in [1.807, 2.05) is 30.3 Å². The number of hydrogen-bond donors (Lipinski definition) is 0. The first-order valence-electron chi connectivity index (χ1n) is 5.66. The lowest BCUT2D eigenvalue weighted by atomic mass is 10.2. The van der Waals surface area contributed by atoms with Gasteiger partial charge in [0.2, 0.25) is 0 Å². The van der Waals surface area contributed by atoms with Crippen LogP contribution in [0.1, 0.15) is 11.1 Å². The van der Waals surface area contributed by atoms with Gasteiger partial charge in [-0.1, -0.05) is 54.1 Å². The van der Waals surface area contributed by atoms with E-state index in [0.717, 1.165) is 5.56 Å². The fraction of sp³-hybridized carbons (Fsp3) is 0.0714. The van der Waals surface area contributed by atoms with Crippen molar-refractivity contribution in [3.63, 3.8) is 0 Å². The van der Waals surface area contributed by atoms with Crippen molar-refractivity contribution in [2.45, 2.75) is 6.54 Å². The van der Waals surface area contributed by atoms with Crippen LogP contribution >= 0.6 is 11.6 Å². The Balaban J connectivity index is 2.24. The van der Waals surface area contributed by atoms with Gasteiger partial charge in [0.05, 0.1) is 17.0 Å². The molecule has 4 nitrogen and oxygen atoms in total. The summed E-state index contributed by atoms with van der Waals surface area (Å²) in [5.74, 6) is 0. The highest BCUT2D eigenvalue weighted by Crippen LogP contribution is 2.20. The largest absolute Gasteiger partial charge is 0.279 e. The number of rotatable bonds is 4. The van der Waals surface area contributed by atoms with Gasteiger partial charge in [0.25, 0.3) is 5.69 Å². The first kappa shape index (κ1) is 13.2. The van der Waals surface area contributed by atoms with E-state index in [4.69, 9.17) is 11.6 Å². The quantitative estimate of drug-likeness (QED) is 0.484. The molecule has 0 bridgehead atoms. The van der Waals surface area contributed by atoms with Crippen molar-refractivity contribution in [3.8, 4) is 0 Å². The van der Waals surface area contributed by atoms with E-state index in [2.05, 4.69) is 4.99 Å². The molecule has 0 atom stereocenters. The molecule has 0 saturated carbocycles. The highest BCUT2D eigenvalue weighted by molar-refractivity contribution is 6.70. The molecule has 0 unspecified atom stereocenters. The maximum absolute atomic E-state index is 10.9.